The van der Waals surface area contributed by atoms with E-state index < -0.39 is 0 Å². The molecular formula is C14H19N3O. The van der Waals surface area contributed by atoms with E-state index in [1.54, 1.807) is 12.5 Å². The van der Waals surface area contributed by atoms with Crippen LogP contribution in [0.5, 0.6) is 0 Å². The second-order valence-electron chi connectivity index (χ2n) is 4.51. The van der Waals surface area contributed by atoms with Gasteiger partial charge in [0, 0.05) is 25.4 Å². The van der Waals surface area contributed by atoms with Crippen LogP contribution in [0.15, 0.2) is 35.3 Å². The molecule has 4 nitrogen and oxygen atoms in total. The van der Waals surface area contributed by atoms with E-state index in [0.29, 0.717) is 6.54 Å². The Labute approximate surface area is 107 Å². The molecule has 4 heteroatoms. The molecule has 96 valence electrons. The first-order valence-corrected chi connectivity index (χ1v) is 6.08. The SMILES string of the molecule is Cc1cc(CCN)cnc1N(C)Cc1ccoc1. The fraction of sp³-hybridized carbons (Fsp3) is 0.357. The fourth-order valence-electron chi connectivity index (χ4n) is 2.06. The average molecular weight is 245 g/mol. The van der Waals surface area contributed by atoms with Crippen molar-refractivity contribution >= 4 is 5.82 Å². The first-order chi connectivity index (χ1) is 8.70. The molecule has 0 aliphatic heterocycles. The number of anilines is 1. The molecule has 0 bridgehead atoms. The molecule has 0 spiro atoms. The molecule has 0 amide bonds. The van der Waals surface area contributed by atoms with E-state index >= 15 is 0 Å². The van der Waals surface area contributed by atoms with Crippen LogP contribution in [0.25, 0.3) is 0 Å². The van der Waals surface area contributed by atoms with Gasteiger partial charge < -0.3 is 15.1 Å². The smallest absolute Gasteiger partial charge is 0.131 e. The Bertz CT molecular complexity index is 494. The Morgan fingerprint density at radius 3 is 2.83 bits per heavy atom. The molecule has 2 heterocycles. The van der Waals surface area contributed by atoms with Gasteiger partial charge in [-0.3, -0.25) is 0 Å². The molecule has 0 fully saturated rings. The highest BCUT2D eigenvalue weighted by atomic mass is 16.3. The molecule has 2 rings (SSSR count). The number of hydrogen-bond donors (Lipinski definition) is 1. The van der Waals surface area contributed by atoms with Crippen LogP contribution in [0.2, 0.25) is 0 Å². The van der Waals surface area contributed by atoms with Gasteiger partial charge in [0.2, 0.25) is 0 Å². The predicted molar refractivity (Wildman–Crippen MR) is 72.5 cm³/mol. The van der Waals surface area contributed by atoms with Gasteiger partial charge in [-0.15, -0.1) is 0 Å². The molecule has 0 atom stereocenters. The molecule has 2 aromatic rings. The highest BCUT2D eigenvalue weighted by Crippen LogP contribution is 2.19. The summed E-state index contributed by atoms with van der Waals surface area (Å²) in [5, 5.41) is 0. The number of nitrogens with two attached hydrogens (primary N) is 1. The van der Waals surface area contributed by atoms with Crippen LogP contribution in [-0.2, 0) is 13.0 Å². The maximum Gasteiger partial charge on any atom is 0.131 e. The minimum absolute atomic E-state index is 0.658. The van der Waals surface area contributed by atoms with Gasteiger partial charge >= 0.3 is 0 Å². The topological polar surface area (TPSA) is 55.3 Å². The molecule has 2 aromatic heterocycles. The van der Waals surface area contributed by atoms with E-state index in [4.69, 9.17) is 10.2 Å². The normalized spacial score (nSPS) is 10.6. The van der Waals surface area contributed by atoms with Crippen molar-refractivity contribution < 1.29 is 4.42 Å². The number of furan rings is 1. The third-order valence-corrected chi connectivity index (χ3v) is 2.90. The van der Waals surface area contributed by atoms with Gasteiger partial charge in [-0.25, -0.2) is 4.98 Å². The van der Waals surface area contributed by atoms with Gasteiger partial charge in [-0.2, -0.15) is 0 Å². The van der Waals surface area contributed by atoms with Crippen LogP contribution < -0.4 is 10.6 Å². The van der Waals surface area contributed by atoms with Crippen LogP contribution in [0.1, 0.15) is 16.7 Å². The molecule has 18 heavy (non-hydrogen) atoms. The third-order valence-electron chi connectivity index (χ3n) is 2.90. The number of aromatic nitrogens is 1. The summed E-state index contributed by atoms with van der Waals surface area (Å²) in [5.41, 5.74) is 9.06. The first kappa shape index (κ1) is 12.6. The van der Waals surface area contributed by atoms with Crippen molar-refractivity contribution in [3.8, 4) is 0 Å². The zero-order chi connectivity index (χ0) is 13.0. The second kappa shape index (κ2) is 5.69. The molecular weight excluding hydrogens is 226 g/mol. The average Bonchev–Trinajstić information content (AvgIpc) is 2.82. The van der Waals surface area contributed by atoms with E-state index in [-0.39, 0.29) is 0 Å². The van der Waals surface area contributed by atoms with Crippen LogP contribution in [-0.4, -0.2) is 18.6 Å². The van der Waals surface area contributed by atoms with E-state index in [1.807, 2.05) is 19.3 Å². The molecule has 0 radical (unpaired) electrons. The summed E-state index contributed by atoms with van der Waals surface area (Å²) < 4.78 is 5.07. The fourth-order valence-corrected chi connectivity index (χ4v) is 2.06. The minimum atomic E-state index is 0.658. The van der Waals surface area contributed by atoms with Gasteiger partial charge in [0.05, 0.1) is 12.5 Å². The zero-order valence-electron chi connectivity index (χ0n) is 10.9. The van der Waals surface area contributed by atoms with Gasteiger partial charge in [0.1, 0.15) is 5.82 Å². The third kappa shape index (κ3) is 2.90. The van der Waals surface area contributed by atoms with Crippen molar-refractivity contribution in [3.63, 3.8) is 0 Å². The van der Waals surface area contributed by atoms with Gasteiger partial charge in [-0.05, 0) is 37.1 Å². The molecule has 0 aliphatic rings. The first-order valence-electron chi connectivity index (χ1n) is 6.08. The van der Waals surface area contributed by atoms with Gasteiger partial charge in [0.15, 0.2) is 0 Å². The van der Waals surface area contributed by atoms with E-state index in [1.165, 1.54) is 11.1 Å². The van der Waals surface area contributed by atoms with Crippen LogP contribution in [0.3, 0.4) is 0 Å². The Morgan fingerprint density at radius 2 is 2.22 bits per heavy atom. The Morgan fingerprint density at radius 1 is 1.39 bits per heavy atom. The quantitative estimate of drug-likeness (QED) is 0.876. The summed E-state index contributed by atoms with van der Waals surface area (Å²) in [6.45, 7) is 3.53. The Kier molecular flexibility index (Phi) is 3.99. The van der Waals surface area contributed by atoms with E-state index in [0.717, 1.165) is 24.3 Å². The Hall–Kier alpha value is -1.81. The van der Waals surface area contributed by atoms with E-state index in [2.05, 4.69) is 22.9 Å². The predicted octanol–water partition coefficient (Wildman–Crippen LogP) is 2.12. The number of pyridine rings is 1. The standard InChI is InChI=1S/C14H19N3O/c1-11-7-12(3-5-15)8-16-14(11)17(2)9-13-4-6-18-10-13/h4,6-8,10H,3,5,9,15H2,1-2H3. The van der Waals surface area contributed by atoms with Crippen molar-refractivity contribution in [2.45, 2.75) is 19.9 Å². The minimum Gasteiger partial charge on any atom is -0.472 e. The number of aryl methyl sites for hydroxylation is 1. The van der Waals surface area contributed by atoms with Gasteiger partial charge in [0.25, 0.3) is 0 Å². The molecule has 0 unspecified atom stereocenters. The van der Waals surface area contributed by atoms with Crippen LogP contribution in [0, 0.1) is 6.92 Å². The van der Waals surface area contributed by atoms with Crippen LogP contribution >= 0.6 is 0 Å². The molecule has 2 N–H and O–H groups in total. The largest absolute Gasteiger partial charge is 0.472 e. The lowest BCUT2D eigenvalue weighted by atomic mass is 10.1. The summed E-state index contributed by atoms with van der Waals surface area (Å²) in [5.74, 6) is 0.997. The highest BCUT2D eigenvalue weighted by Gasteiger charge is 2.08. The summed E-state index contributed by atoms with van der Waals surface area (Å²) in [6, 6.07) is 4.12. The summed E-state index contributed by atoms with van der Waals surface area (Å²) in [6.07, 6.45) is 6.23. The Balaban J connectivity index is 2.12. The number of nitrogens with zero attached hydrogens (tertiary/aromatic N) is 2. The molecule has 0 saturated heterocycles. The molecule has 0 aliphatic carbocycles. The molecule has 0 aromatic carbocycles. The van der Waals surface area contributed by atoms with Crippen molar-refractivity contribution in [1.29, 1.82) is 0 Å². The summed E-state index contributed by atoms with van der Waals surface area (Å²) >= 11 is 0. The lowest BCUT2D eigenvalue weighted by Gasteiger charge is -2.19. The monoisotopic (exact) mass is 245 g/mol. The lowest BCUT2D eigenvalue weighted by Crippen LogP contribution is -2.18. The maximum absolute atomic E-state index is 5.55. The summed E-state index contributed by atoms with van der Waals surface area (Å²) in [4.78, 5) is 6.63. The van der Waals surface area contributed by atoms with E-state index in [9.17, 15) is 0 Å². The maximum atomic E-state index is 5.55. The highest BCUT2D eigenvalue weighted by molar-refractivity contribution is 5.47. The lowest BCUT2D eigenvalue weighted by molar-refractivity contribution is 0.563. The van der Waals surface area contributed by atoms with Crippen molar-refractivity contribution in [2.24, 2.45) is 5.73 Å². The number of hydrogen-bond acceptors (Lipinski definition) is 4. The second-order valence-corrected chi connectivity index (χ2v) is 4.51. The number of rotatable bonds is 5. The molecule has 0 saturated carbocycles. The van der Waals surface area contributed by atoms with Crippen LogP contribution in [0.4, 0.5) is 5.82 Å². The van der Waals surface area contributed by atoms with Crippen molar-refractivity contribution in [3.05, 3.63) is 47.5 Å². The summed E-state index contributed by atoms with van der Waals surface area (Å²) in [7, 11) is 2.03. The van der Waals surface area contributed by atoms with Crippen molar-refractivity contribution in [2.75, 3.05) is 18.5 Å². The zero-order valence-corrected chi connectivity index (χ0v) is 10.9. The van der Waals surface area contributed by atoms with Crippen molar-refractivity contribution in [1.82, 2.24) is 4.98 Å². The van der Waals surface area contributed by atoms with Gasteiger partial charge in [-0.1, -0.05) is 6.07 Å².